The van der Waals surface area contributed by atoms with Crippen LogP contribution in [0.2, 0.25) is 0 Å². The first-order valence-corrected chi connectivity index (χ1v) is 19.5. The van der Waals surface area contributed by atoms with Crippen LogP contribution in [0.1, 0.15) is 0 Å². The van der Waals surface area contributed by atoms with E-state index in [-0.39, 0.29) is 0 Å². The number of fused-ring (bicyclic) bond motifs is 12. The van der Waals surface area contributed by atoms with Crippen molar-refractivity contribution in [3.63, 3.8) is 0 Å². The van der Waals surface area contributed by atoms with Gasteiger partial charge in [-0.3, -0.25) is 9.13 Å². The Morgan fingerprint density at radius 3 is 1.48 bits per heavy atom. The molecule has 9 aromatic carbocycles. The number of rotatable bonds is 5. The van der Waals surface area contributed by atoms with Crippen molar-refractivity contribution in [3.8, 4) is 45.8 Å². The summed E-state index contributed by atoms with van der Waals surface area (Å²) in [4.78, 5) is 21.0. The van der Waals surface area contributed by atoms with Crippen LogP contribution in [0.25, 0.3) is 111 Å². The third-order valence-corrected chi connectivity index (χ3v) is 11.4. The van der Waals surface area contributed by atoms with Crippen LogP contribution >= 0.6 is 0 Å². The van der Waals surface area contributed by atoms with Crippen LogP contribution in [0.5, 0.6) is 0 Å². The Kier molecular flexibility index (Phi) is 7.13. The van der Waals surface area contributed by atoms with E-state index in [1.54, 1.807) is 0 Å². The third-order valence-electron chi connectivity index (χ3n) is 11.4. The normalized spacial score (nSPS) is 11.8. The SMILES string of the molecule is c1ccc(-c2nc(-c3ccccc3)nc(-n3c4ccccc4c4c5c6ccccc6c6ccc7c(nc(-c8ccccc8)n7-c7ccccc7)c6c5ccc43)n2)cc1. The molecule has 58 heavy (non-hydrogen) atoms. The molecule has 270 valence electrons. The Labute approximate surface area is 333 Å². The molecule has 0 N–H and O–H groups in total. The van der Waals surface area contributed by atoms with Crippen molar-refractivity contribution in [1.29, 1.82) is 0 Å². The van der Waals surface area contributed by atoms with E-state index in [0.29, 0.717) is 17.6 Å². The Balaban J connectivity index is 1.23. The van der Waals surface area contributed by atoms with Gasteiger partial charge in [-0.1, -0.05) is 164 Å². The molecular weight excluding hydrogens is 709 g/mol. The second-order valence-corrected chi connectivity index (χ2v) is 14.6. The van der Waals surface area contributed by atoms with Gasteiger partial charge in [-0.25, -0.2) is 9.97 Å². The predicted octanol–water partition coefficient (Wildman–Crippen LogP) is 12.8. The summed E-state index contributed by atoms with van der Waals surface area (Å²) in [6, 6.07) is 67.8. The Bertz CT molecular complexity index is 3480. The molecule has 0 aliphatic heterocycles. The van der Waals surface area contributed by atoms with Gasteiger partial charge in [-0.2, -0.15) is 9.97 Å². The van der Waals surface area contributed by atoms with E-state index < -0.39 is 0 Å². The second-order valence-electron chi connectivity index (χ2n) is 14.6. The van der Waals surface area contributed by atoms with E-state index >= 15 is 0 Å². The molecule has 0 aliphatic carbocycles. The van der Waals surface area contributed by atoms with Gasteiger partial charge in [0.1, 0.15) is 5.82 Å². The van der Waals surface area contributed by atoms with Crippen molar-refractivity contribution in [3.05, 3.63) is 194 Å². The number of hydrogen-bond acceptors (Lipinski definition) is 4. The zero-order chi connectivity index (χ0) is 38.2. The summed E-state index contributed by atoms with van der Waals surface area (Å²) >= 11 is 0. The summed E-state index contributed by atoms with van der Waals surface area (Å²) in [5.41, 5.74) is 8.07. The first-order chi connectivity index (χ1) is 28.8. The molecule has 0 aliphatic rings. The summed E-state index contributed by atoms with van der Waals surface area (Å²) in [6.45, 7) is 0. The molecule has 0 bridgehead atoms. The first-order valence-electron chi connectivity index (χ1n) is 19.5. The van der Waals surface area contributed by atoms with Crippen molar-refractivity contribution in [2.45, 2.75) is 0 Å². The maximum atomic E-state index is 5.55. The number of imidazole rings is 1. The number of nitrogens with zero attached hydrogens (tertiary/aromatic N) is 6. The lowest BCUT2D eigenvalue weighted by atomic mass is 9.91. The first kappa shape index (κ1) is 32.3. The molecule has 12 aromatic rings. The highest BCUT2D eigenvalue weighted by molar-refractivity contribution is 6.38. The summed E-state index contributed by atoms with van der Waals surface area (Å²) in [6.07, 6.45) is 0. The van der Waals surface area contributed by atoms with Gasteiger partial charge in [0.2, 0.25) is 5.95 Å². The number of aromatic nitrogens is 6. The zero-order valence-electron chi connectivity index (χ0n) is 31.2. The highest BCUT2D eigenvalue weighted by atomic mass is 15.2. The van der Waals surface area contributed by atoms with Crippen LogP contribution in [0.15, 0.2) is 194 Å². The largest absolute Gasteiger partial charge is 0.292 e. The predicted molar refractivity (Wildman–Crippen MR) is 238 cm³/mol. The molecule has 3 heterocycles. The van der Waals surface area contributed by atoms with Gasteiger partial charge in [0.15, 0.2) is 11.6 Å². The van der Waals surface area contributed by atoms with Crippen LogP contribution < -0.4 is 0 Å². The fraction of sp³-hybridized carbons (Fsp3) is 0. The van der Waals surface area contributed by atoms with Gasteiger partial charge in [0.05, 0.1) is 22.1 Å². The van der Waals surface area contributed by atoms with Crippen molar-refractivity contribution in [2.24, 2.45) is 0 Å². The fourth-order valence-electron chi connectivity index (χ4n) is 8.86. The van der Waals surface area contributed by atoms with E-state index in [1.807, 2.05) is 60.7 Å². The Morgan fingerprint density at radius 1 is 0.293 bits per heavy atom. The minimum Gasteiger partial charge on any atom is -0.292 e. The molecule has 6 heteroatoms. The lowest BCUT2D eigenvalue weighted by molar-refractivity contribution is 0.953. The van der Waals surface area contributed by atoms with Crippen molar-refractivity contribution >= 4 is 65.2 Å². The minimum atomic E-state index is 0.569. The molecule has 0 amide bonds. The number of hydrogen-bond donors (Lipinski definition) is 0. The molecule has 0 radical (unpaired) electrons. The van der Waals surface area contributed by atoms with E-state index in [2.05, 4.69) is 143 Å². The quantitative estimate of drug-likeness (QED) is 0.165. The Morgan fingerprint density at radius 2 is 0.810 bits per heavy atom. The summed E-state index contributed by atoms with van der Waals surface area (Å²) in [5, 5.41) is 9.29. The molecule has 0 unspecified atom stereocenters. The Hall–Kier alpha value is -7.96. The summed E-state index contributed by atoms with van der Waals surface area (Å²) in [5.74, 6) is 2.72. The van der Waals surface area contributed by atoms with E-state index in [9.17, 15) is 0 Å². The maximum Gasteiger partial charge on any atom is 0.238 e. The van der Waals surface area contributed by atoms with Crippen LogP contribution in [-0.2, 0) is 0 Å². The third kappa shape index (κ3) is 4.85. The second kappa shape index (κ2) is 12.8. The van der Waals surface area contributed by atoms with Crippen LogP contribution in [0.3, 0.4) is 0 Å². The summed E-state index contributed by atoms with van der Waals surface area (Å²) < 4.78 is 4.51. The highest BCUT2D eigenvalue weighted by Gasteiger charge is 2.24. The molecule has 0 spiro atoms. The van der Waals surface area contributed by atoms with Crippen molar-refractivity contribution in [2.75, 3.05) is 0 Å². The smallest absolute Gasteiger partial charge is 0.238 e. The zero-order valence-corrected chi connectivity index (χ0v) is 31.2. The number of para-hydroxylation sites is 2. The lowest BCUT2D eigenvalue weighted by Crippen LogP contribution is -2.06. The van der Waals surface area contributed by atoms with Crippen LogP contribution in [0.4, 0.5) is 0 Å². The van der Waals surface area contributed by atoms with Crippen molar-refractivity contribution in [1.82, 2.24) is 29.1 Å². The van der Waals surface area contributed by atoms with E-state index in [0.717, 1.165) is 71.8 Å². The van der Waals surface area contributed by atoms with E-state index in [1.165, 1.54) is 21.5 Å². The summed E-state index contributed by atoms with van der Waals surface area (Å²) in [7, 11) is 0. The molecule has 0 saturated carbocycles. The van der Waals surface area contributed by atoms with Gasteiger partial charge in [0, 0.05) is 43.9 Å². The average Bonchev–Trinajstić information content (AvgIpc) is 3.87. The van der Waals surface area contributed by atoms with Gasteiger partial charge < -0.3 is 0 Å². The minimum absolute atomic E-state index is 0.569. The topological polar surface area (TPSA) is 61.4 Å². The molecule has 0 fully saturated rings. The standard InChI is InChI=1S/C52H32N6/c1-5-17-33(18-6-1)49-54-50(34-19-7-2-8-20-34)56-52(55-49)58-42-28-16-15-27-40(42)47-43(58)31-30-41-45(47)38-26-14-13-25-37(38)39-29-32-44-48(46(39)41)53-51(35-21-9-3-10-22-35)57(44)36-23-11-4-12-24-36/h1-32H. The van der Waals surface area contributed by atoms with Crippen LogP contribution in [-0.4, -0.2) is 29.1 Å². The molecular formula is C52H32N6. The van der Waals surface area contributed by atoms with Gasteiger partial charge >= 0.3 is 0 Å². The molecule has 3 aromatic heterocycles. The molecule has 6 nitrogen and oxygen atoms in total. The lowest BCUT2D eigenvalue weighted by Gasteiger charge is -2.14. The maximum absolute atomic E-state index is 5.55. The van der Waals surface area contributed by atoms with Gasteiger partial charge in [-0.05, 0) is 51.9 Å². The molecule has 0 atom stereocenters. The number of benzene rings is 9. The molecule has 12 rings (SSSR count). The van der Waals surface area contributed by atoms with Crippen LogP contribution in [0, 0.1) is 0 Å². The monoisotopic (exact) mass is 740 g/mol. The van der Waals surface area contributed by atoms with Gasteiger partial charge in [-0.15, -0.1) is 0 Å². The molecule has 0 saturated heterocycles. The highest BCUT2D eigenvalue weighted by Crippen LogP contribution is 2.45. The van der Waals surface area contributed by atoms with E-state index in [4.69, 9.17) is 19.9 Å². The van der Waals surface area contributed by atoms with Crippen molar-refractivity contribution < 1.29 is 0 Å². The fourth-order valence-corrected chi connectivity index (χ4v) is 8.86. The average molecular weight is 741 g/mol. The van der Waals surface area contributed by atoms with Gasteiger partial charge in [0.25, 0.3) is 0 Å².